The number of rotatable bonds is 5. The van der Waals surface area contributed by atoms with Crippen LogP contribution in [0, 0.1) is 5.92 Å². The zero-order valence-corrected chi connectivity index (χ0v) is 12.0. The van der Waals surface area contributed by atoms with Gasteiger partial charge in [-0.1, -0.05) is 31.8 Å². The molecule has 0 aromatic carbocycles. The molecule has 0 heterocycles. The van der Waals surface area contributed by atoms with Crippen molar-refractivity contribution in [3.63, 3.8) is 0 Å². The van der Waals surface area contributed by atoms with Crippen LogP contribution in [0.15, 0.2) is 11.6 Å². The van der Waals surface area contributed by atoms with Crippen molar-refractivity contribution >= 4 is 5.97 Å². The number of hydrogen-bond donors (Lipinski definition) is 1. The average Bonchev–Trinajstić information content (AvgIpc) is 2.66. The molecule has 0 saturated heterocycles. The van der Waals surface area contributed by atoms with Gasteiger partial charge in [0.05, 0.1) is 7.11 Å². The smallest absolute Gasteiger partial charge is 0.333 e. The number of esters is 1. The summed E-state index contributed by atoms with van der Waals surface area (Å²) in [4.78, 5) is 11.2. The molecule has 3 heteroatoms. The average molecular weight is 253 g/mol. The number of hydrogen-bond acceptors (Lipinski definition) is 3. The minimum absolute atomic E-state index is 0.237. The Morgan fingerprint density at radius 3 is 2.50 bits per heavy atom. The number of carbonyl (C=O) groups is 1. The zero-order chi connectivity index (χ0) is 13.4. The quantitative estimate of drug-likeness (QED) is 0.465. The molecule has 0 spiro atoms. The first-order chi connectivity index (χ1) is 8.65. The Hall–Kier alpha value is -0.830. The summed E-state index contributed by atoms with van der Waals surface area (Å²) in [6.07, 6.45) is 10.1. The summed E-state index contributed by atoms with van der Waals surface area (Å²) < 4.78 is 4.67. The molecule has 104 valence electrons. The lowest BCUT2D eigenvalue weighted by atomic mass is 9.93. The van der Waals surface area contributed by atoms with Gasteiger partial charge in [-0.2, -0.15) is 0 Å². The predicted molar refractivity (Wildman–Crippen MR) is 74.4 cm³/mol. The van der Waals surface area contributed by atoms with E-state index in [0.717, 1.165) is 12.5 Å². The lowest BCUT2D eigenvalue weighted by molar-refractivity contribution is -0.136. The minimum atomic E-state index is -0.237. The number of methoxy groups -OCH3 is 1. The molecular weight excluding hydrogens is 226 g/mol. The molecule has 3 nitrogen and oxygen atoms in total. The highest BCUT2D eigenvalue weighted by Crippen LogP contribution is 2.25. The van der Waals surface area contributed by atoms with Gasteiger partial charge in [-0.15, -0.1) is 0 Å². The van der Waals surface area contributed by atoms with E-state index in [1.54, 1.807) is 6.92 Å². The first-order valence-electron chi connectivity index (χ1n) is 7.13. The second-order valence-electron chi connectivity index (χ2n) is 5.33. The third kappa shape index (κ3) is 5.21. The summed E-state index contributed by atoms with van der Waals surface area (Å²) in [7, 11) is 1.42. The van der Waals surface area contributed by atoms with Gasteiger partial charge in [0.1, 0.15) is 0 Å². The van der Waals surface area contributed by atoms with Crippen LogP contribution in [0.2, 0.25) is 0 Å². The maximum Gasteiger partial charge on any atom is 0.333 e. The topological polar surface area (TPSA) is 38.3 Å². The van der Waals surface area contributed by atoms with Crippen molar-refractivity contribution in [3.05, 3.63) is 11.6 Å². The van der Waals surface area contributed by atoms with Crippen molar-refractivity contribution in [2.45, 2.75) is 58.4 Å². The molecule has 1 N–H and O–H groups in total. The van der Waals surface area contributed by atoms with Gasteiger partial charge in [0, 0.05) is 18.2 Å². The van der Waals surface area contributed by atoms with Crippen LogP contribution in [0.25, 0.3) is 0 Å². The van der Waals surface area contributed by atoms with E-state index in [1.165, 1.54) is 45.6 Å². The van der Waals surface area contributed by atoms with Crippen molar-refractivity contribution in [3.8, 4) is 0 Å². The first kappa shape index (κ1) is 15.2. The maximum absolute atomic E-state index is 11.2. The van der Waals surface area contributed by atoms with Gasteiger partial charge in [-0.3, -0.25) is 0 Å². The van der Waals surface area contributed by atoms with Crippen molar-refractivity contribution in [2.24, 2.45) is 5.92 Å². The van der Waals surface area contributed by atoms with Gasteiger partial charge in [0.25, 0.3) is 0 Å². The van der Waals surface area contributed by atoms with E-state index in [4.69, 9.17) is 0 Å². The Balaban J connectivity index is 2.31. The zero-order valence-electron chi connectivity index (χ0n) is 12.0. The number of ether oxygens (including phenoxy) is 1. The van der Waals surface area contributed by atoms with Crippen LogP contribution in [-0.2, 0) is 9.53 Å². The Labute approximate surface area is 111 Å². The second kappa shape index (κ2) is 8.30. The van der Waals surface area contributed by atoms with Crippen LogP contribution in [0.3, 0.4) is 0 Å². The van der Waals surface area contributed by atoms with Crippen LogP contribution < -0.4 is 5.32 Å². The number of carbonyl (C=O) groups excluding carboxylic acids is 1. The van der Waals surface area contributed by atoms with Crippen LogP contribution >= 0.6 is 0 Å². The van der Waals surface area contributed by atoms with Gasteiger partial charge in [-0.05, 0) is 32.6 Å². The fourth-order valence-electron chi connectivity index (χ4n) is 2.62. The first-order valence-corrected chi connectivity index (χ1v) is 7.13. The molecule has 1 atom stereocenters. The van der Waals surface area contributed by atoms with E-state index in [2.05, 4.69) is 17.0 Å². The third-order valence-corrected chi connectivity index (χ3v) is 3.96. The fourth-order valence-corrected chi connectivity index (χ4v) is 2.62. The highest BCUT2D eigenvalue weighted by atomic mass is 16.5. The summed E-state index contributed by atoms with van der Waals surface area (Å²) in [5, 5.41) is 3.51. The maximum atomic E-state index is 11.2. The monoisotopic (exact) mass is 253 g/mol. The molecule has 1 fully saturated rings. The van der Waals surface area contributed by atoms with Crippen molar-refractivity contribution in [1.82, 2.24) is 5.32 Å². The molecule has 0 aromatic rings. The Kier molecular flexibility index (Phi) is 7.02. The van der Waals surface area contributed by atoms with Crippen LogP contribution in [0.4, 0.5) is 0 Å². The predicted octanol–water partition coefficient (Wildman–Crippen LogP) is 3.05. The van der Waals surface area contributed by atoms with Crippen LogP contribution in [0.5, 0.6) is 0 Å². The molecular formula is C15H27NO2. The SMILES string of the molecule is COC(=O)C(C)=CCN[C@H](C)C1CCCCCC1. The molecule has 0 unspecified atom stereocenters. The molecule has 0 amide bonds. The van der Waals surface area contributed by atoms with Crippen LogP contribution in [-0.4, -0.2) is 25.7 Å². The molecule has 0 radical (unpaired) electrons. The minimum Gasteiger partial charge on any atom is -0.466 e. The van der Waals surface area contributed by atoms with E-state index in [0.29, 0.717) is 11.6 Å². The molecule has 0 bridgehead atoms. The highest BCUT2D eigenvalue weighted by Gasteiger charge is 2.18. The van der Waals surface area contributed by atoms with Gasteiger partial charge in [0.15, 0.2) is 0 Å². The Morgan fingerprint density at radius 1 is 1.33 bits per heavy atom. The summed E-state index contributed by atoms with van der Waals surface area (Å²) in [5.41, 5.74) is 0.679. The molecule has 18 heavy (non-hydrogen) atoms. The molecule has 1 aliphatic carbocycles. The van der Waals surface area contributed by atoms with Gasteiger partial charge in [-0.25, -0.2) is 4.79 Å². The largest absolute Gasteiger partial charge is 0.466 e. The lowest BCUT2D eigenvalue weighted by Crippen LogP contribution is -2.33. The molecule has 1 aliphatic rings. The normalized spacial score (nSPS) is 20.3. The van der Waals surface area contributed by atoms with Gasteiger partial charge < -0.3 is 10.1 Å². The Morgan fingerprint density at radius 2 is 1.94 bits per heavy atom. The summed E-state index contributed by atoms with van der Waals surface area (Å²) in [6, 6.07) is 0.532. The third-order valence-electron chi connectivity index (χ3n) is 3.96. The van der Waals surface area contributed by atoms with Crippen molar-refractivity contribution < 1.29 is 9.53 Å². The van der Waals surface area contributed by atoms with E-state index >= 15 is 0 Å². The van der Waals surface area contributed by atoms with Gasteiger partial charge >= 0.3 is 5.97 Å². The fraction of sp³-hybridized carbons (Fsp3) is 0.800. The summed E-state index contributed by atoms with van der Waals surface area (Å²) >= 11 is 0. The van der Waals surface area contributed by atoms with E-state index in [1.807, 2.05) is 6.08 Å². The lowest BCUT2D eigenvalue weighted by Gasteiger charge is -2.23. The summed E-state index contributed by atoms with van der Waals surface area (Å²) in [6.45, 7) is 4.81. The Bertz CT molecular complexity index is 278. The van der Waals surface area contributed by atoms with Crippen molar-refractivity contribution in [2.75, 3.05) is 13.7 Å². The molecule has 1 rings (SSSR count). The second-order valence-corrected chi connectivity index (χ2v) is 5.33. The van der Waals surface area contributed by atoms with Crippen LogP contribution in [0.1, 0.15) is 52.4 Å². The van der Waals surface area contributed by atoms with E-state index in [-0.39, 0.29) is 5.97 Å². The molecule has 1 saturated carbocycles. The van der Waals surface area contributed by atoms with E-state index < -0.39 is 0 Å². The molecule has 0 aliphatic heterocycles. The summed E-state index contributed by atoms with van der Waals surface area (Å²) in [5.74, 6) is 0.554. The molecule has 0 aromatic heterocycles. The number of nitrogens with one attached hydrogen (secondary N) is 1. The van der Waals surface area contributed by atoms with Crippen molar-refractivity contribution in [1.29, 1.82) is 0 Å². The standard InChI is InChI=1S/C15H27NO2/c1-12(15(17)18-3)10-11-16-13(2)14-8-6-4-5-7-9-14/h10,13-14,16H,4-9,11H2,1-3H3/t13-/m1/s1. The van der Waals surface area contributed by atoms with Gasteiger partial charge in [0.2, 0.25) is 0 Å². The highest BCUT2D eigenvalue weighted by molar-refractivity contribution is 5.87. The van der Waals surface area contributed by atoms with E-state index in [9.17, 15) is 4.79 Å².